The van der Waals surface area contributed by atoms with Gasteiger partial charge in [0.25, 0.3) is 5.91 Å². The van der Waals surface area contributed by atoms with E-state index in [1.807, 2.05) is 36.4 Å². The predicted octanol–water partition coefficient (Wildman–Crippen LogP) is 1.04. The molecule has 7 nitrogen and oxygen atoms in total. The van der Waals surface area contributed by atoms with Crippen LogP contribution in [0.1, 0.15) is 16.1 Å². The van der Waals surface area contributed by atoms with Crippen LogP contribution in [0.25, 0.3) is 10.9 Å². The first-order valence-corrected chi connectivity index (χ1v) is 9.30. The summed E-state index contributed by atoms with van der Waals surface area (Å²) in [6.07, 6.45) is 0.210. The molecular weight excluding hydrogens is 394 g/mol. The van der Waals surface area contributed by atoms with E-state index in [1.54, 1.807) is 29.8 Å². The third-order valence-electron chi connectivity index (χ3n) is 4.55. The average Bonchev–Trinajstić information content (AvgIpc) is 3.02. The Morgan fingerprint density at radius 3 is 2.52 bits per heavy atom. The Hall–Kier alpha value is -3.32. The highest BCUT2D eigenvalue weighted by molar-refractivity contribution is 6.31. The second kappa shape index (κ2) is 8.79. The van der Waals surface area contributed by atoms with E-state index >= 15 is 0 Å². The lowest BCUT2D eigenvalue weighted by atomic mass is 10.0. The molecule has 150 valence electrons. The van der Waals surface area contributed by atoms with Crippen LogP contribution in [0, 0.1) is 0 Å². The lowest BCUT2D eigenvalue weighted by Gasteiger charge is -2.19. The van der Waals surface area contributed by atoms with Gasteiger partial charge in [-0.3, -0.25) is 9.59 Å². The van der Waals surface area contributed by atoms with Crippen LogP contribution in [0.2, 0.25) is 5.02 Å². The van der Waals surface area contributed by atoms with Crippen LogP contribution in [0.5, 0.6) is 0 Å². The highest BCUT2D eigenvalue weighted by Crippen LogP contribution is 2.22. The molecule has 29 heavy (non-hydrogen) atoms. The summed E-state index contributed by atoms with van der Waals surface area (Å²) >= 11 is 6.02. The number of aromatic nitrogens is 1. The average molecular weight is 413 g/mol. The minimum absolute atomic E-state index is 0.210. The number of hydrogen-bond acceptors (Lipinski definition) is 4. The molecule has 0 saturated heterocycles. The van der Waals surface area contributed by atoms with Crippen molar-refractivity contribution in [3.63, 3.8) is 0 Å². The van der Waals surface area contributed by atoms with Crippen molar-refractivity contribution in [1.29, 1.82) is 0 Å². The van der Waals surface area contributed by atoms with E-state index in [2.05, 4.69) is 10.6 Å². The number of fused-ring (bicyclic) bond motifs is 1. The first-order valence-electron chi connectivity index (χ1n) is 8.92. The number of benzene rings is 2. The van der Waals surface area contributed by atoms with Crippen LogP contribution < -0.4 is 15.7 Å². The smallest absolute Gasteiger partial charge is 0.268 e. The number of carbonyl (C=O) groups is 3. The number of aliphatic carboxylic acids is 1. The molecule has 3 aromatic rings. The lowest BCUT2D eigenvalue weighted by Crippen LogP contribution is -2.50. The molecule has 0 unspecified atom stereocenters. The van der Waals surface area contributed by atoms with Gasteiger partial charge in [0.15, 0.2) is 0 Å². The van der Waals surface area contributed by atoms with Crippen LogP contribution in [0.4, 0.5) is 0 Å². The van der Waals surface area contributed by atoms with Crippen molar-refractivity contribution in [2.24, 2.45) is 7.05 Å². The van der Waals surface area contributed by atoms with Crippen molar-refractivity contribution < 1.29 is 19.5 Å². The molecule has 0 aliphatic heterocycles. The van der Waals surface area contributed by atoms with Crippen molar-refractivity contribution in [3.05, 3.63) is 70.9 Å². The molecule has 1 atom stereocenters. The van der Waals surface area contributed by atoms with Gasteiger partial charge in [-0.2, -0.15) is 0 Å². The van der Waals surface area contributed by atoms with Crippen LogP contribution in [-0.2, 0) is 23.1 Å². The zero-order valence-electron chi connectivity index (χ0n) is 15.6. The number of carboxylic acids is 1. The first-order chi connectivity index (χ1) is 13.8. The normalized spacial score (nSPS) is 11.8. The number of rotatable bonds is 7. The predicted molar refractivity (Wildman–Crippen MR) is 107 cm³/mol. The standard InChI is InChI=1S/C21H20ClN3O4/c1-25-17-8-7-15(22)10-14(17)11-18(25)21(29)24-16(20(28)23-12-19(26)27)9-13-5-3-2-4-6-13/h2-8,10-11,16H,9,12H2,1H3,(H,23,28)(H,24,29)(H,26,27)/p-1/t16-/m0/s1. The van der Waals surface area contributed by atoms with Gasteiger partial charge in [-0.25, -0.2) is 0 Å². The van der Waals surface area contributed by atoms with E-state index in [9.17, 15) is 19.5 Å². The maximum Gasteiger partial charge on any atom is 0.268 e. The highest BCUT2D eigenvalue weighted by Gasteiger charge is 2.23. The number of hydrogen-bond donors (Lipinski definition) is 2. The largest absolute Gasteiger partial charge is 0.548 e. The molecule has 0 fully saturated rings. The summed E-state index contributed by atoms with van der Waals surface area (Å²) in [5, 5.41) is 17.0. The summed E-state index contributed by atoms with van der Waals surface area (Å²) in [5.74, 6) is -2.47. The monoisotopic (exact) mass is 412 g/mol. The molecule has 0 radical (unpaired) electrons. The Morgan fingerprint density at radius 2 is 1.83 bits per heavy atom. The maximum absolute atomic E-state index is 12.9. The fourth-order valence-corrected chi connectivity index (χ4v) is 3.29. The summed E-state index contributed by atoms with van der Waals surface area (Å²) in [6, 6.07) is 15.2. The highest BCUT2D eigenvalue weighted by atomic mass is 35.5. The fraction of sp³-hybridized carbons (Fsp3) is 0.190. The number of carbonyl (C=O) groups excluding carboxylic acids is 3. The van der Waals surface area contributed by atoms with Crippen LogP contribution in [0.15, 0.2) is 54.6 Å². The summed E-state index contributed by atoms with van der Waals surface area (Å²) in [7, 11) is 1.74. The zero-order chi connectivity index (χ0) is 21.0. The summed E-state index contributed by atoms with van der Waals surface area (Å²) in [4.78, 5) is 36.0. The quantitative estimate of drug-likeness (QED) is 0.605. The van der Waals surface area contributed by atoms with Gasteiger partial charge in [0, 0.05) is 29.4 Å². The van der Waals surface area contributed by atoms with E-state index in [4.69, 9.17) is 11.6 Å². The van der Waals surface area contributed by atoms with Gasteiger partial charge in [-0.05, 0) is 29.8 Å². The van der Waals surface area contributed by atoms with Crippen molar-refractivity contribution in [3.8, 4) is 0 Å². The van der Waals surface area contributed by atoms with E-state index in [0.717, 1.165) is 16.5 Å². The van der Waals surface area contributed by atoms with Crippen molar-refractivity contribution in [1.82, 2.24) is 15.2 Å². The Bertz CT molecular complexity index is 1060. The number of amides is 2. The zero-order valence-corrected chi connectivity index (χ0v) is 16.4. The molecule has 1 aromatic heterocycles. The van der Waals surface area contributed by atoms with Gasteiger partial charge in [0.2, 0.25) is 5.91 Å². The first kappa shape index (κ1) is 20.4. The molecule has 3 rings (SSSR count). The molecule has 0 spiro atoms. The van der Waals surface area contributed by atoms with Gasteiger partial charge in [0.05, 0.1) is 12.5 Å². The van der Waals surface area contributed by atoms with Crippen molar-refractivity contribution in [2.45, 2.75) is 12.5 Å². The fourth-order valence-electron chi connectivity index (χ4n) is 3.11. The minimum Gasteiger partial charge on any atom is -0.548 e. The Balaban J connectivity index is 1.84. The molecule has 2 N–H and O–H groups in total. The minimum atomic E-state index is -1.41. The Labute approximate surface area is 172 Å². The van der Waals surface area contributed by atoms with Gasteiger partial charge in [-0.1, -0.05) is 41.9 Å². The Kier molecular flexibility index (Phi) is 6.19. The number of nitrogens with zero attached hydrogens (tertiary/aromatic N) is 1. The molecule has 0 aliphatic rings. The molecule has 0 saturated carbocycles. The molecule has 1 heterocycles. The summed E-state index contributed by atoms with van der Waals surface area (Å²) < 4.78 is 1.71. The van der Waals surface area contributed by atoms with Crippen LogP contribution >= 0.6 is 11.6 Å². The van der Waals surface area contributed by atoms with Crippen molar-refractivity contribution in [2.75, 3.05) is 6.54 Å². The van der Waals surface area contributed by atoms with Crippen LogP contribution in [-0.4, -0.2) is 34.9 Å². The van der Waals surface area contributed by atoms with E-state index in [1.165, 1.54) is 0 Å². The van der Waals surface area contributed by atoms with Crippen LogP contribution in [0.3, 0.4) is 0 Å². The SMILES string of the molecule is Cn1c(C(=O)N[C@@H](Cc2ccccc2)C(=O)NCC(=O)[O-])cc2cc(Cl)ccc21. The third-order valence-corrected chi connectivity index (χ3v) is 4.78. The lowest BCUT2D eigenvalue weighted by molar-refractivity contribution is -0.304. The topological polar surface area (TPSA) is 103 Å². The van der Waals surface area contributed by atoms with Gasteiger partial charge in [-0.15, -0.1) is 0 Å². The van der Waals surface area contributed by atoms with Gasteiger partial charge in [0.1, 0.15) is 11.7 Å². The molecule has 2 amide bonds. The van der Waals surface area contributed by atoms with E-state index in [-0.39, 0.29) is 6.42 Å². The molecule has 8 heteroatoms. The van der Waals surface area contributed by atoms with E-state index < -0.39 is 30.4 Å². The molecule has 0 bridgehead atoms. The molecule has 0 aliphatic carbocycles. The number of aryl methyl sites for hydroxylation is 1. The number of halogens is 1. The van der Waals surface area contributed by atoms with Gasteiger partial charge >= 0.3 is 0 Å². The van der Waals surface area contributed by atoms with E-state index in [0.29, 0.717) is 10.7 Å². The van der Waals surface area contributed by atoms with Gasteiger partial charge < -0.3 is 25.1 Å². The summed E-state index contributed by atoms with van der Waals surface area (Å²) in [5.41, 5.74) is 2.00. The number of carboxylic acid groups (broad SMARTS) is 1. The molecular formula is C21H19ClN3O4-. The second-order valence-corrected chi connectivity index (χ2v) is 7.03. The third kappa shape index (κ3) is 4.94. The number of nitrogens with one attached hydrogen (secondary N) is 2. The second-order valence-electron chi connectivity index (χ2n) is 6.60. The summed E-state index contributed by atoms with van der Waals surface area (Å²) in [6.45, 7) is -0.632. The molecule has 2 aromatic carbocycles. The maximum atomic E-state index is 12.9. The van der Waals surface area contributed by atoms with Crippen molar-refractivity contribution >= 4 is 40.3 Å². The Morgan fingerprint density at radius 1 is 1.10 bits per heavy atom.